The van der Waals surface area contributed by atoms with Crippen LogP contribution in [0.4, 0.5) is 11.5 Å². The molecule has 128 valence electrons. The zero-order chi connectivity index (χ0) is 17.9. The molecule has 0 aliphatic heterocycles. The molecule has 0 saturated carbocycles. The summed E-state index contributed by atoms with van der Waals surface area (Å²) in [5.41, 5.74) is -0.872. The first-order chi connectivity index (χ1) is 11.2. The summed E-state index contributed by atoms with van der Waals surface area (Å²) < 4.78 is 9.93. The molecule has 0 aliphatic carbocycles. The number of anilines is 2. The zero-order valence-corrected chi connectivity index (χ0v) is 14.5. The van der Waals surface area contributed by atoms with E-state index in [9.17, 15) is 9.59 Å². The van der Waals surface area contributed by atoms with Crippen molar-refractivity contribution in [3.63, 3.8) is 0 Å². The van der Waals surface area contributed by atoms with Crippen LogP contribution in [0, 0.1) is 12.3 Å². The van der Waals surface area contributed by atoms with Crippen molar-refractivity contribution in [1.82, 2.24) is 5.16 Å². The minimum atomic E-state index is -1.33. The summed E-state index contributed by atoms with van der Waals surface area (Å²) in [5.74, 6) is 0.314. The first-order valence-corrected chi connectivity index (χ1v) is 7.51. The minimum absolute atomic E-state index is 0.255. The van der Waals surface area contributed by atoms with Gasteiger partial charge in [-0.15, -0.1) is 0 Å². The van der Waals surface area contributed by atoms with E-state index in [0.29, 0.717) is 22.2 Å². The molecule has 2 aromatic rings. The van der Waals surface area contributed by atoms with Crippen LogP contribution in [0.15, 0.2) is 28.8 Å². The van der Waals surface area contributed by atoms with Crippen LogP contribution in [-0.2, 0) is 9.59 Å². The van der Waals surface area contributed by atoms with Crippen LogP contribution in [0.2, 0.25) is 5.02 Å². The standard InChI is InChI=1S/C16H18ClN3O4/c1-9-7-13(20-24-9)19-15(22)16(2,3)14(21)18-10-5-6-12(23-4)11(17)8-10/h5-8H,1-4H3,(H,18,21)(H,19,20,22). The number of aromatic nitrogens is 1. The van der Waals surface area contributed by atoms with E-state index in [1.807, 2.05) is 0 Å². The van der Waals surface area contributed by atoms with E-state index in [2.05, 4.69) is 15.8 Å². The van der Waals surface area contributed by atoms with Crippen molar-refractivity contribution in [3.8, 4) is 5.75 Å². The van der Waals surface area contributed by atoms with E-state index in [0.717, 1.165) is 0 Å². The third kappa shape index (κ3) is 3.86. The van der Waals surface area contributed by atoms with Gasteiger partial charge >= 0.3 is 0 Å². The van der Waals surface area contributed by atoms with Gasteiger partial charge in [-0.2, -0.15) is 0 Å². The average Bonchev–Trinajstić information content (AvgIpc) is 2.92. The Balaban J connectivity index is 2.09. The highest BCUT2D eigenvalue weighted by Gasteiger charge is 2.36. The number of aryl methyl sites for hydroxylation is 1. The molecule has 0 atom stereocenters. The molecular weight excluding hydrogens is 334 g/mol. The van der Waals surface area contributed by atoms with Crippen molar-refractivity contribution in [1.29, 1.82) is 0 Å². The number of nitrogens with zero attached hydrogens (tertiary/aromatic N) is 1. The van der Waals surface area contributed by atoms with Gasteiger partial charge in [0.15, 0.2) is 5.82 Å². The third-order valence-electron chi connectivity index (χ3n) is 3.41. The van der Waals surface area contributed by atoms with Gasteiger partial charge in [-0.25, -0.2) is 0 Å². The van der Waals surface area contributed by atoms with Gasteiger partial charge in [-0.3, -0.25) is 9.59 Å². The lowest BCUT2D eigenvalue weighted by atomic mass is 9.91. The molecule has 0 aliphatic rings. The van der Waals surface area contributed by atoms with Gasteiger partial charge < -0.3 is 19.9 Å². The summed E-state index contributed by atoms with van der Waals surface area (Å²) >= 11 is 6.03. The lowest BCUT2D eigenvalue weighted by Crippen LogP contribution is -2.41. The van der Waals surface area contributed by atoms with Crippen LogP contribution in [0.5, 0.6) is 5.75 Å². The Morgan fingerprint density at radius 3 is 2.42 bits per heavy atom. The molecule has 2 amide bonds. The van der Waals surface area contributed by atoms with Crippen molar-refractivity contribution in [3.05, 3.63) is 35.0 Å². The summed E-state index contributed by atoms with van der Waals surface area (Å²) in [7, 11) is 1.50. The Labute approximate surface area is 144 Å². The van der Waals surface area contributed by atoms with Crippen molar-refractivity contribution >= 4 is 34.9 Å². The maximum absolute atomic E-state index is 12.4. The Morgan fingerprint density at radius 1 is 1.21 bits per heavy atom. The number of benzene rings is 1. The number of rotatable bonds is 5. The lowest BCUT2D eigenvalue weighted by Gasteiger charge is -2.22. The Bertz CT molecular complexity index is 770. The van der Waals surface area contributed by atoms with Gasteiger partial charge in [0, 0.05) is 11.8 Å². The van der Waals surface area contributed by atoms with Gasteiger partial charge in [0.1, 0.15) is 16.9 Å². The molecule has 0 bridgehead atoms. The SMILES string of the molecule is COc1ccc(NC(=O)C(C)(C)C(=O)Nc2cc(C)on2)cc1Cl. The maximum Gasteiger partial charge on any atom is 0.240 e. The predicted octanol–water partition coefficient (Wildman–Crippen LogP) is 3.25. The molecule has 7 nitrogen and oxygen atoms in total. The Kier molecular flexibility index (Phi) is 5.14. The number of amides is 2. The smallest absolute Gasteiger partial charge is 0.240 e. The van der Waals surface area contributed by atoms with Gasteiger partial charge in [-0.05, 0) is 39.0 Å². The first-order valence-electron chi connectivity index (χ1n) is 7.14. The summed E-state index contributed by atoms with van der Waals surface area (Å²) in [4.78, 5) is 24.8. The highest BCUT2D eigenvalue weighted by molar-refractivity contribution is 6.32. The molecule has 1 heterocycles. The third-order valence-corrected chi connectivity index (χ3v) is 3.71. The molecule has 1 aromatic heterocycles. The topological polar surface area (TPSA) is 93.5 Å². The number of carbonyl (C=O) groups excluding carboxylic acids is 2. The maximum atomic E-state index is 12.4. The van der Waals surface area contributed by atoms with E-state index >= 15 is 0 Å². The second-order valence-corrected chi connectivity index (χ2v) is 6.11. The lowest BCUT2D eigenvalue weighted by molar-refractivity contribution is -0.135. The molecule has 0 unspecified atom stereocenters. The summed E-state index contributed by atoms with van der Waals surface area (Å²) in [6, 6.07) is 6.38. The second-order valence-electron chi connectivity index (χ2n) is 5.71. The summed E-state index contributed by atoms with van der Waals surface area (Å²) in [5, 5.41) is 9.24. The van der Waals surface area contributed by atoms with Gasteiger partial charge in [0.2, 0.25) is 11.8 Å². The van der Waals surface area contributed by atoms with Crippen molar-refractivity contribution in [2.75, 3.05) is 17.7 Å². The normalized spacial score (nSPS) is 11.0. The van der Waals surface area contributed by atoms with Crippen LogP contribution in [0.1, 0.15) is 19.6 Å². The highest BCUT2D eigenvalue weighted by atomic mass is 35.5. The molecule has 24 heavy (non-hydrogen) atoms. The van der Waals surface area contributed by atoms with E-state index in [1.165, 1.54) is 21.0 Å². The zero-order valence-electron chi connectivity index (χ0n) is 13.8. The quantitative estimate of drug-likeness (QED) is 0.806. The highest BCUT2D eigenvalue weighted by Crippen LogP contribution is 2.28. The molecule has 0 fully saturated rings. The van der Waals surface area contributed by atoms with Crippen molar-refractivity contribution in [2.45, 2.75) is 20.8 Å². The molecule has 0 radical (unpaired) electrons. The van der Waals surface area contributed by atoms with Crippen LogP contribution in [0.3, 0.4) is 0 Å². The Morgan fingerprint density at radius 2 is 1.88 bits per heavy atom. The first kappa shape index (κ1) is 17.8. The van der Waals surface area contributed by atoms with E-state index < -0.39 is 17.2 Å². The van der Waals surface area contributed by atoms with E-state index in [4.69, 9.17) is 20.9 Å². The number of halogens is 1. The van der Waals surface area contributed by atoms with Crippen LogP contribution in [0.25, 0.3) is 0 Å². The molecule has 0 saturated heterocycles. The number of hydrogen-bond donors (Lipinski definition) is 2. The minimum Gasteiger partial charge on any atom is -0.495 e. The fourth-order valence-corrected chi connectivity index (χ4v) is 2.09. The number of ether oxygens (including phenoxy) is 1. The number of nitrogens with one attached hydrogen (secondary N) is 2. The van der Waals surface area contributed by atoms with Crippen molar-refractivity contribution < 1.29 is 18.8 Å². The largest absolute Gasteiger partial charge is 0.495 e. The van der Waals surface area contributed by atoms with Gasteiger partial charge in [0.05, 0.1) is 12.1 Å². The van der Waals surface area contributed by atoms with Crippen LogP contribution < -0.4 is 15.4 Å². The average molecular weight is 352 g/mol. The molecule has 1 aromatic carbocycles. The fraction of sp³-hybridized carbons (Fsp3) is 0.312. The Hall–Kier alpha value is -2.54. The molecule has 2 N–H and O–H groups in total. The molecule has 0 spiro atoms. The van der Waals surface area contributed by atoms with Crippen LogP contribution >= 0.6 is 11.6 Å². The number of carbonyl (C=O) groups is 2. The van der Waals surface area contributed by atoms with E-state index in [-0.39, 0.29) is 5.82 Å². The monoisotopic (exact) mass is 351 g/mol. The van der Waals surface area contributed by atoms with E-state index in [1.54, 1.807) is 31.2 Å². The predicted molar refractivity (Wildman–Crippen MR) is 90.3 cm³/mol. The second kappa shape index (κ2) is 6.92. The summed E-state index contributed by atoms with van der Waals surface area (Å²) in [6.07, 6.45) is 0. The van der Waals surface area contributed by atoms with Gasteiger partial charge in [-0.1, -0.05) is 16.8 Å². The van der Waals surface area contributed by atoms with Gasteiger partial charge in [0.25, 0.3) is 0 Å². The number of hydrogen-bond acceptors (Lipinski definition) is 5. The summed E-state index contributed by atoms with van der Waals surface area (Å²) in [6.45, 7) is 4.72. The molecule has 8 heteroatoms. The molecule has 2 rings (SSSR count). The molecular formula is C16H18ClN3O4. The van der Waals surface area contributed by atoms with Crippen molar-refractivity contribution in [2.24, 2.45) is 5.41 Å². The van der Waals surface area contributed by atoms with Crippen LogP contribution in [-0.4, -0.2) is 24.1 Å². The number of methoxy groups -OCH3 is 1. The fourth-order valence-electron chi connectivity index (χ4n) is 1.83.